The van der Waals surface area contributed by atoms with Crippen LogP contribution in [-0.4, -0.2) is 44.2 Å². The predicted octanol–water partition coefficient (Wildman–Crippen LogP) is 4.85. The number of carbonyl (C=O) groups is 2. The van der Waals surface area contributed by atoms with Gasteiger partial charge in [0, 0.05) is 13.3 Å². The molecule has 5 nitrogen and oxygen atoms in total. The summed E-state index contributed by atoms with van der Waals surface area (Å²) in [4.78, 5) is 23.3. The minimum absolute atomic E-state index is 0.114. The lowest BCUT2D eigenvalue weighted by Gasteiger charge is -2.67. The smallest absolute Gasteiger partial charge is 0.305 e. The number of aliphatic hydroxyl groups is 1. The van der Waals surface area contributed by atoms with Crippen LogP contribution in [0.3, 0.4) is 0 Å². The van der Waals surface area contributed by atoms with Crippen molar-refractivity contribution in [2.24, 2.45) is 40.4 Å². The quantitative estimate of drug-likeness (QED) is 0.471. The Hall–Kier alpha value is -1.04. The number of esters is 2. The normalized spacial score (nSPS) is 47.6. The molecular weight excluding hydrogens is 415 g/mol. The van der Waals surface area contributed by atoms with Gasteiger partial charge in [-0.3, -0.25) is 9.59 Å². The number of hydrogen-bond acceptors (Lipinski definition) is 5. The molecule has 0 aromatic carbocycles. The lowest BCUT2D eigenvalue weighted by atomic mass is 9.34. The van der Waals surface area contributed by atoms with Gasteiger partial charge in [0.15, 0.2) is 0 Å². The van der Waals surface area contributed by atoms with E-state index >= 15 is 0 Å². The fourth-order valence-electron chi connectivity index (χ4n) is 9.29. The molecule has 10 atom stereocenters. The number of ether oxygens (including phenoxy) is 2. The molecule has 0 aromatic heterocycles. The lowest BCUT2D eigenvalue weighted by Crippen LogP contribution is -2.61. The van der Waals surface area contributed by atoms with Gasteiger partial charge in [0.05, 0.1) is 21.1 Å². The van der Waals surface area contributed by atoms with Gasteiger partial charge in [-0.15, -0.1) is 0 Å². The van der Waals surface area contributed by atoms with E-state index in [0.29, 0.717) is 42.4 Å². The van der Waals surface area contributed by atoms with Gasteiger partial charge in [0.1, 0.15) is 6.10 Å². The molecule has 0 bridgehead atoms. The Balaban J connectivity index is 1.53. The summed E-state index contributed by atoms with van der Waals surface area (Å²) in [6.07, 6.45) is 8.45. The summed E-state index contributed by atoms with van der Waals surface area (Å²) in [5.41, 5.74) is 0.123. The predicted molar refractivity (Wildman–Crippen MR) is 128 cm³/mol. The third kappa shape index (κ3) is 3.96. The van der Waals surface area contributed by atoms with Crippen molar-refractivity contribution in [3.05, 3.63) is 0 Å². The minimum Gasteiger partial charge on any atom is -0.469 e. The molecule has 0 saturated heterocycles. The highest BCUT2D eigenvalue weighted by atomic mass is 16.5. The molecule has 33 heavy (non-hydrogen) atoms. The molecule has 6 heteroatoms. The third-order valence-corrected chi connectivity index (χ3v) is 11.1. The number of fused-ring (bicyclic) bond motifs is 5. The van der Waals surface area contributed by atoms with Gasteiger partial charge in [0.2, 0.25) is 0 Å². The Morgan fingerprint density at radius 3 is 2.52 bits per heavy atom. The summed E-state index contributed by atoms with van der Waals surface area (Å²) >= 11 is 0. The molecule has 0 aromatic rings. The first-order chi connectivity index (χ1) is 15.5. The van der Waals surface area contributed by atoms with Gasteiger partial charge < -0.3 is 14.6 Å². The van der Waals surface area contributed by atoms with E-state index in [4.69, 9.17) is 17.3 Å². The second kappa shape index (κ2) is 8.88. The van der Waals surface area contributed by atoms with Gasteiger partial charge in [-0.25, -0.2) is 0 Å². The van der Waals surface area contributed by atoms with Crippen molar-refractivity contribution in [2.75, 3.05) is 7.11 Å². The van der Waals surface area contributed by atoms with Crippen LogP contribution in [0.5, 0.6) is 0 Å². The minimum atomic E-state index is -0.702. The Morgan fingerprint density at radius 2 is 1.85 bits per heavy atom. The maximum atomic E-state index is 11.7. The van der Waals surface area contributed by atoms with Crippen LogP contribution >= 0.6 is 0 Å². The highest BCUT2D eigenvalue weighted by Crippen LogP contribution is 2.73. The van der Waals surface area contributed by atoms with Crippen LogP contribution in [0.2, 0.25) is 5.31 Å². The van der Waals surface area contributed by atoms with Crippen molar-refractivity contribution >= 4 is 19.8 Å². The van der Waals surface area contributed by atoms with Crippen LogP contribution < -0.4 is 0 Å². The molecule has 184 valence electrons. The standard InChI is InChI=1S/C27H43BO5/c1-16(6-9-24(31)32-5)20-7-8-21-19-14-23(30)27(28)15-18(33-17(2)29)10-13-26(27,4)22(19)11-12-25(20,21)3/h16,18-23,30H,6-15H2,1-5H3/t16-,18+,19+,20-,21+,22+,23-,25-,26-,27+/m1/s1. The zero-order valence-corrected chi connectivity index (χ0v) is 21.3. The fraction of sp³-hybridized carbons (Fsp3) is 0.926. The topological polar surface area (TPSA) is 72.8 Å². The van der Waals surface area contributed by atoms with Crippen LogP contribution in [0.1, 0.15) is 91.9 Å². The van der Waals surface area contributed by atoms with E-state index < -0.39 is 11.4 Å². The molecule has 4 aliphatic carbocycles. The molecule has 4 aliphatic rings. The second-order valence-electron chi connectivity index (χ2n) is 12.4. The van der Waals surface area contributed by atoms with Gasteiger partial charge in [-0.1, -0.05) is 20.8 Å². The lowest BCUT2D eigenvalue weighted by molar-refractivity contribution is -0.175. The summed E-state index contributed by atoms with van der Waals surface area (Å²) in [5.74, 6) is 2.33. The van der Waals surface area contributed by atoms with E-state index in [1.165, 1.54) is 33.3 Å². The molecule has 0 aliphatic heterocycles. The van der Waals surface area contributed by atoms with Gasteiger partial charge in [0.25, 0.3) is 0 Å². The Bertz CT molecular complexity index is 772. The molecule has 2 radical (unpaired) electrons. The summed E-state index contributed by atoms with van der Waals surface area (Å²) in [6.45, 7) is 8.56. The van der Waals surface area contributed by atoms with Crippen LogP contribution in [0.4, 0.5) is 0 Å². The Kier molecular flexibility index (Phi) is 6.74. The van der Waals surface area contributed by atoms with Gasteiger partial charge in [-0.2, -0.15) is 0 Å². The van der Waals surface area contributed by atoms with Crippen molar-refractivity contribution in [2.45, 2.75) is 109 Å². The zero-order chi connectivity index (χ0) is 24.2. The maximum absolute atomic E-state index is 11.7. The van der Waals surface area contributed by atoms with E-state index in [9.17, 15) is 14.7 Å². The summed E-state index contributed by atoms with van der Waals surface area (Å²) in [6, 6.07) is 0. The van der Waals surface area contributed by atoms with Gasteiger partial charge in [-0.05, 0) is 104 Å². The zero-order valence-electron chi connectivity index (χ0n) is 21.3. The highest BCUT2D eigenvalue weighted by Gasteiger charge is 2.66. The first kappa shape index (κ1) is 25.1. The SMILES string of the molecule is [B][C@]12C[C@@H](OC(C)=O)CC[C@]1(C)[C@H]1CC[C@]3(C)[C@@H]([C@H](C)CCC(=O)OC)CC[C@H]3[C@@H]1C[C@H]2O. The average molecular weight is 458 g/mol. The number of aliphatic hydroxyl groups excluding tert-OH is 1. The van der Waals surface area contributed by atoms with E-state index in [-0.39, 0.29) is 28.9 Å². The van der Waals surface area contributed by atoms with E-state index in [1.807, 2.05) is 0 Å². The number of hydrogen-bond donors (Lipinski definition) is 1. The third-order valence-electron chi connectivity index (χ3n) is 11.1. The molecule has 0 heterocycles. The number of rotatable bonds is 5. The van der Waals surface area contributed by atoms with E-state index in [0.717, 1.165) is 32.1 Å². The van der Waals surface area contributed by atoms with Crippen LogP contribution in [0.25, 0.3) is 0 Å². The molecule has 4 saturated carbocycles. The monoisotopic (exact) mass is 458 g/mol. The van der Waals surface area contributed by atoms with E-state index in [1.54, 1.807) is 0 Å². The summed E-state index contributed by atoms with van der Waals surface area (Å²) < 4.78 is 10.4. The van der Waals surface area contributed by atoms with Crippen molar-refractivity contribution in [3.63, 3.8) is 0 Å². The second-order valence-corrected chi connectivity index (χ2v) is 12.4. The summed E-state index contributed by atoms with van der Waals surface area (Å²) in [7, 11) is 8.52. The Labute approximate surface area is 201 Å². The van der Waals surface area contributed by atoms with Crippen LogP contribution in [0, 0.1) is 40.4 Å². The Morgan fingerprint density at radius 1 is 1.12 bits per heavy atom. The van der Waals surface area contributed by atoms with Crippen LogP contribution in [-0.2, 0) is 19.1 Å². The van der Waals surface area contributed by atoms with Crippen molar-refractivity contribution in [1.29, 1.82) is 0 Å². The molecule has 4 fully saturated rings. The summed E-state index contributed by atoms with van der Waals surface area (Å²) in [5, 5.41) is 10.8. The first-order valence-electron chi connectivity index (χ1n) is 13.2. The van der Waals surface area contributed by atoms with Gasteiger partial charge >= 0.3 is 11.9 Å². The molecule has 1 N–H and O–H groups in total. The molecular formula is C27H43BO5. The fourth-order valence-corrected chi connectivity index (χ4v) is 9.29. The molecule has 0 unspecified atom stereocenters. The molecule has 0 amide bonds. The van der Waals surface area contributed by atoms with Crippen LogP contribution in [0.15, 0.2) is 0 Å². The van der Waals surface area contributed by atoms with Crippen molar-refractivity contribution < 1.29 is 24.2 Å². The van der Waals surface area contributed by atoms with Crippen molar-refractivity contribution in [1.82, 2.24) is 0 Å². The number of methoxy groups -OCH3 is 1. The first-order valence-corrected chi connectivity index (χ1v) is 13.2. The average Bonchev–Trinajstić information content (AvgIpc) is 3.11. The van der Waals surface area contributed by atoms with Crippen molar-refractivity contribution in [3.8, 4) is 0 Å². The molecule has 4 rings (SSSR count). The highest BCUT2D eigenvalue weighted by molar-refractivity contribution is 6.16. The largest absolute Gasteiger partial charge is 0.469 e. The van der Waals surface area contributed by atoms with E-state index in [2.05, 4.69) is 20.8 Å². The number of carbonyl (C=O) groups excluding carboxylic acids is 2. The maximum Gasteiger partial charge on any atom is 0.305 e. The molecule has 0 spiro atoms.